The highest BCUT2D eigenvalue weighted by Crippen LogP contribution is 2.14. The second-order valence-corrected chi connectivity index (χ2v) is 4.47. The fraction of sp³-hybridized carbons (Fsp3) is 0.818. The van der Waals surface area contributed by atoms with Gasteiger partial charge in [-0.25, -0.2) is 0 Å². The monoisotopic (exact) mass is 196 g/mol. The highest BCUT2D eigenvalue weighted by atomic mass is 16.4. The molecule has 0 aliphatic carbocycles. The van der Waals surface area contributed by atoms with Crippen LogP contribution in [0, 0.1) is 5.92 Å². The largest absolute Gasteiger partial charge is 0.425 e. The van der Waals surface area contributed by atoms with E-state index in [4.69, 9.17) is 4.42 Å². The minimum atomic E-state index is 0.335. The normalized spacial score (nSPS) is 11.6. The molecule has 1 rings (SSSR count). The molecule has 0 bridgehead atoms. The number of rotatable bonds is 5. The smallest absolute Gasteiger partial charge is 0.219 e. The Morgan fingerprint density at radius 3 is 2.36 bits per heavy atom. The predicted octanol–water partition coefficient (Wildman–Crippen LogP) is 3.17. The van der Waals surface area contributed by atoms with E-state index in [1.807, 2.05) is 0 Å². The number of aryl methyl sites for hydroxylation is 1. The molecule has 0 fully saturated rings. The van der Waals surface area contributed by atoms with Gasteiger partial charge in [-0.3, -0.25) is 0 Å². The van der Waals surface area contributed by atoms with Crippen LogP contribution in [0.25, 0.3) is 0 Å². The lowest BCUT2D eigenvalue weighted by molar-refractivity contribution is 0.419. The van der Waals surface area contributed by atoms with E-state index in [2.05, 4.69) is 37.9 Å². The van der Waals surface area contributed by atoms with Crippen molar-refractivity contribution in [2.45, 2.75) is 52.9 Å². The summed E-state index contributed by atoms with van der Waals surface area (Å²) in [7, 11) is 0. The van der Waals surface area contributed by atoms with Crippen LogP contribution in [0.15, 0.2) is 4.42 Å². The molecular formula is C11H20N2O. The molecule has 80 valence electrons. The second-order valence-electron chi connectivity index (χ2n) is 4.47. The summed E-state index contributed by atoms with van der Waals surface area (Å²) in [6.07, 6.45) is 3.27. The molecule has 1 aromatic rings. The lowest BCUT2D eigenvalue weighted by atomic mass is 10.1. The first-order valence-electron chi connectivity index (χ1n) is 5.42. The summed E-state index contributed by atoms with van der Waals surface area (Å²) in [5.41, 5.74) is 0. The third kappa shape index (κ3) is 3.48. The van der Waals surface area contributed by atoms with Gasteiger partial charge in [0.1, 0.15) is 0 Å². The molecule has 0 aliphatic rings. The average molecular weight is 196 g/mol. The van der Waals surface area contributed by atoms with E-state index < -0.39 is 0 Å². The predicted molar refractivity (Wildman–Crippen MR) is 56.2 cm³/mol. The zero-order valence-corrected chi connectivity index (χ0v) is 9.58. The van der Waals surface area contributed by atoms with Gasteiger partial charge in [0.05, 0.1) is 0 Å². The molecular weight excluding hydrogens is 176 g/mol. The summed E-state index contributed by atoms with van der Waals surface area (Å²) in [4.78, 5) is 0. The van der Waals surface area contributed by atoms with Gasteiger partial charge < -0.3 is 4.42 Å². The van der Waals surface area contributed by atoms with Gasteiger partial charge in [-0.05, 0) is 12.3 Å². The maximum Gasteiger partial charge on any atom is 0.219 e. The van der Waals surface area contributed by atoms with Gasteiger partial charge in [0.2, 0.25) is 11.8 Å². The molecule has 1 aromatic heterocycles. The molecule has 0 atom stereocenters. The Morgan fingerprint density at radius 1 is 1.14 bits per heavy atom. The van der Waals surface area contributed by atoms with Crippen LogP contribution in [0.4, 0.5) is 0 Å². The van der Waals surface area contributed by atoms with Gasteiger partial charge in [0.25, 0.3) is 0 Å². The topological polar surface area (TPSA) is 38.9 Å². The van der Waals surface area contributed by atoms with Crippen LogP contribution in [0.5, 0.6) is 0 Å². The Balaban J connectivity index is 2.36. The molecule has 0 unspecified atom stereocenters. The van der Waals surface area contributed by atoms with Gasteiger partial charge in [0, 0.05) is 12.3 Å². The summed E-state index contributed by atoms with van der Waals surface area (Å²) in [5.74, 6) is 2.63. The van der Waals surface area contributed by atoms with E-state index in [1.165, 1.54) is 6.42 Å². The first-order valence-corrected chi connectivity index (χ1v) is 5.42. The Labute approximate surface area is 85.9 Å². The quantitative estimate of drug-likeness (QED) is 0.726. The van der Waals surface area contributed by atoms with E-state index in [0.29, 0.717) is 5.92 Å². The van der Waals surface area contributed by atoms with Crippen molar-refractivity contribution < 1.29 is 4.42 Å². The maximum absolute atomic E-state index is 5.50. The average Bonchev–Trinajstić information content (AvgIpc) is 2.52. The van der Waals surface area contributed by atoms with Crippen molar-refractivity contribution in [1.29, 1.82) is 0 Å². The van der Waals surface area contributed by atoms with Gasteiger partial charge in [0.15, 0.2) is 0 Å². The van der Waals surface area contributed by atoms with Crippen molar-refractivity contribution >= 4 is 0 Å². The Hall–Kier alpha value is -0.860. The number of aromatic nitrogens is 2. The van der Waals surface area contributed by atoms with Gasteiger partial charge >= 0.3 is 0 Å². The Morgan fingerprint density at radius 2 is 1.86 bits per heavy atom. The summed E-state index contributed by atoms with van der Waals surface area (Å²) >= 11 is 0. The lowest BCUT2D eigenvalue weighted by Gasteiger charge is -2.00. The summed E-state index contributed by atoms with van der Waals surface area (Å²) in [5, 5.41) is 8.01. The molecule has 1 heterocycles. The molecule has 0 saturated carbocycles. The van der Waals surface area contributed by atoms with Crippen LogP contribution in [0.2, 0.25) is 0 Å². The number of hydrogen-bond acceptors (Lipinski definition) is 3. The van der Waals surface area contributed by atoms with E-state index in [1.54, 1.807) is 0 Å². The highest BCUT2D eigenvalue weighted by Gasteiger charge is 2.08. The molecule has 3 nitrogen and oxygen atoms in total. The SMILES string of the molecule is CC(C)CCCc1nnc(C(C)C)o1. The zero-order valence-electron chi connectivity index (χ0n) is 9.58. The van der Waals surface area contributed by atoms with Crippen molar-refractivity contribution in [3.05, 3.63) is 11.8 Å². The van der Waals surface area contributed by atoms with E-state index in [9.17, 15) is 0 Å². The molecule has 0 radical (unpaired) electrons. The van der Waals surface area contributed by atoms with Crippen molar-refractivity contribution in [1.82, 2.24) is 10.2 Å². The molecule has 0 aliphatic heterocycles. The van der Waals surface area contributed by atoms with Crippen LogP contribution in [0.1, 0.15) is 58.2 Å². The second kappa shape index (κ2) is 5.13. The molecule has 3 heteroatoms. The third-order valence-corrected chi connectivity index (χ3v) is 2.15. The minimum absolute atomic E-state index is 0.335. The van der Waals surface area contributed by atoms with Crippen molar-refractivity contribution in [3.63, 3.8) is 0 Å². The minimum Gasteiger partial charge on any atom is -0.425 e. The van der Waals surface area contributed by atoms with Crippen molar-refractivity contribution in [2.24, 2.45) is 5.92 Å². The zero-order chi connectivity index (χ0) is 10.6. The van der Waals surface area contributed by atoms with Crippen LogP contribution < -0.4 is 0 Å². The van der Waals surface area contributed by atoms with E-state index >= 15 is 0 Å². The van der Waals surface area contributed by atoms with Gasteiger partial charge in [-0.15, -0.1) is 10.2 Å². The molecule has 0 N–H and O–H groups in total. The molecule has 0 spiro atoms. The first kappa shape index (κ1) is 11.2. The Kier molecular flexibility index (Phi) is 4.11. The number of hydrogen-bond donors (Lipinski definition) is 0. The van der Waals surface area contributed by atoms with Crippen molar-refractivity contribution in [2.75, 3.05) is 0 Å². The molecule has 14 heavy (non-hydrogen) atoms. The highest BCUT2D eigenvalue weighted by molar-refractivity contribution is 4.87. The van der Waals surface area contributed by atoms with Gasteiger partial charge in [-0.2, -0.15) is 0 Å². The first-order chi connectivity index (χ1) is 6.59. The van der Waals surface area contributed by atoms with Crippen LogP contribution >= 0.6 is 0 Å². The van der Waals surface area contributed by atoms with Crippen LogP contribution in [-0.4, -0.2) is 10.2 Å². The Bertz CT molecular complexity index is 266. The lowest BCUT2D eigenvalue weighted by Crippen LogP contribution is -1.90. The van der Waals surface area contributed by atoms with E-state index in [0.717, 1.165) is 30.5 Å². The summed E-state index contributed by atoms with van der Waals surface area (Å²) in [6, 6.07) is 0. The van der Waals surface area contributed by atoms with Crippen LogP contribution in [0.3, 0.4) is 0 Å². The third-order valence-electron chi connectivity index (χ3n) is 2.15. The summed E-state index contributed by atoms with van der Waals surface area (Å²) in [6.45, 7) is 8.58. The van der Waals surface area contributed by atoms with E-state index in [-0.39, 0.29) is 0 Å². The fourth-order valence-electron chi connectivity index (χ4n) is 1.26. The molecule has 0 aromatic carbocycles. The fourth-order valence-corrected chi connectivity index (χ4v) is 1.26. The number of nitrogens with zero attached hydrogens (tertiary/aromatic N) is 2. The van der Waals surface area contributed by atoms with Crippen molar-refractivity contribution in [3.8, 4) is 0 Å². The summed E-state index contributed by atoms with van der Waals surface area (Å²) < 4.78 is 5.50. The molecule has 0 saturated heterocycles. The van der Waals surface area contributed by atoms with Crippen LogP contribution in [-0.2, 0) is 6.42 Å². The molecule has 0 amide bonds. The van der Waals surface area contributed by atoms with Gasteiger partial charge in [-0.1, -0.05) is 34.1 Å². The maximum atomic E-state index is 5.50. The standard InChI is InChI=1S/C11H20N2O/c1-8(2)6-5-7-10-12-13-11(14-10)9(3)4/h8-9H,5-7H2,1-4H3.